The first-order valence-corrected chi connectivity index (χ1v) is 7.80. The zero-order chi connectivity index (χ0) is 13.4. The maximum absolute atomic E-state index is 4.74. The number of pyridine rings is 1. The topological polar surface area (TPSA) is 32.6 Å². The summed E-state index contributed by atoms with van der Waals surface area (Å²) in [5, 5.41) is 3.67. The summed E-state index contributed by atoms with van der Waals surface area (Å²) in [5.74, 6) is 0. The largest absolute Gasteiger partial charge is 0.312 e. The van der Waals surface area contributed by atoms with Crippen molar-refractivity contribution in [3.8, 4) is 0 Å². The molecule has 0 amide bonds. The van der Waals surface area contributed by atoms with Gasteiger partial charge in [-0.2, -0.15) is 0 Å². The molecule has 4 nitrogen and oxygen atoms in total. The molecule has 2 aromatic heterocycles. The second-order valence-electron chi connectivity index (χ2n) is 6.08. The molecule has 0 aliphatic carbocycles. The SMILES string of the molecule is c1ccn2cc(CN3CCCC3C3CCCN3)nc2c1. The van der Waals surface area contributed by atoms with Gasteiger partial charge in [0.25, 0.3) is 0 Å². The summed E-state index contributed by atoms with van der Waals surface area (Å²) in [5.41, 5.74) is 2.25. The maximum Gasteiger partial charge on any atom is 0.137 e. The van der Waals surface area contributed by atoms with E-state index in [0.29, 0.717) is 12.1 Å². The Morgan fingerprint density at radius 1 is 1.25 bits per heavy atom. The fourth-order valence-corrected chi connectivity index (χ4v) is 3.82. The third-order valence-corrected chi connectivity index (χ3v) is 4.76. The highest BCUT2D eigenvalue weighted by Crippen LogP contribution is 2.26. The number of hydrogen-bond donors (Lipinski definition) is 1. The summed E-state index contributed by atoms with van der Waals surface area (Å²) in [4.78, 5) is 7.37. The quantitative estimate of drug-likeness (QED) is 0.926. The van der Waals surface area contributed by atoms with E-state index in [4.69, 9.17) is 4.98 Å². The summed E-state index contributed by atoms with van der Waals surface area (Å²) in [6, 6.07) is 7.59. The highest BCUT2D eigenvalue weighted by molar-refractivity contribution is 5.39. The molecule has 2 aliphatic heterocycles. The van der Waals surface area contributed by atoms with Crippen LogP contribution < -0.4 is 5.32 Å². The van der Waals surface area contributed by atoms with Gasteiger partial charge in [-0.15, -0.1) is 0 Å². The van der Waals surface area contributed by atoms with E-state index in [-0.39, 0.29) is 0 Å². The molecule has 20 heavy (non-hydrogen) atoms. The molecule has 2 aromatic rings. The predicted molar refractivity (Wildman–Crippen MR) is 79.6 cm³/mol. The van der Waals surface area contributed by atoms with E-state index in [1.165, 1.54) is 44.5 Å². The molecule has 0 spiro atoms. The van der Waals surface area contributed by atoms with Crippen LogP contribution in [0.2, 0.25) is 0 Å². The van der Waals surface area contributed by atoms with Gasteiger partial charge in [-0.3, -0.25) is 4.90 Å². The van der Waals surface area contributed by atoms with Crippen molar-refractivity contribution >= 4 is 5.65 Å². The average Bonchev–Trinajstić information content (AvgIpc) is 3.18. The average molecular weight is 270 g/mol. The Morgan fingerprint density at radius 3 is 3.10 bits per heavy atom. The van der Waals surface area contributed by atoms with Gasteiger partial charge in [0, 0.05) is 31.0 Å². The van der Waals surface area contributed by atoms with Crippen LogP contribution in [0, 0.1) is 0 Å². The van der Waals surface area contributed by atoms with Gasteiger partial charge in [0.05, 0.1) is 5.69 Å². The normalized spacial score (nSPS) is 27.6. The minimum Gasteiger partial charge on any atom is -0.312 e. The lowest BCUT2D eigenvalue weighted by molar-refractivity contribution is 0.205. The molecule has 2 fully saturated rings. The van der Waals surface area contributed by atoms with Gasteiger partial charge in [-0.05, 0) is 50.9 Å². The molecular weight excluding hydrogens is 248 g/mol. The summed E-state index contributed by atoms with van der Waals surface area (Å²) >= 11 is 0. The minimum atomic E-state index is 0.703. The second-order valence-corrected chi connectivity index (χ2v) is 6.08. The molecule has 0 radical (unpaired) electrons. The van der Waals surface area contributed by atoms with Crippen LogP contribution in [0.1, 0.15) is 31.4 Å². The second kappa shape index (κ2) is 5.19. The van der Waals surface area contributed by atoms with Crippen molar-refractivity contribution in [1.82, 2.24) is 19.6 Å². The zero-order valence-corrected chi connectivity index (χ0v) is 11.8. The highest BCUT2D eigenvalue weighted by atomic mass is 15.2. The van der Waals surface area contributed by atoms with Crippen LogP contribution in [0.15, 0.2) is 30.6 Å². The third-order valence-electron chi connectivity index (χ3n) is 4.76. The van der Waals surface area contributed by atoms with E-state index < -0.39 is 0 Å². The molecule has 0 bridgehead atoms. The van der Waals surface area contributed by atoms with E-state index in [2.05, 4.69) is 39.1 Å². The fourth-order valence-electron chi connectivity index (χ4n) is 3.82. The predicted octanol–water partition coefficient (Wildman–Crippen LogP) is 2.05. The van der Waals surface area contributed by atoms with E-state index in [0.717, 1.165) is 12.2 Å². The van der Waals surface area contributed by atoms with Gasteiger partial charge in [0.2, 0.25) is 0 Å². The van der Waals surface area contributed by atoms with E-state index in [1.807, 2.05) is 6.07 Å². The lowest BCUT2D eigenvalue weighted by Crippen LogP contribution is -2.43. The van der Waals surface area contributed by atoms with E-state index >= 15 is 0 Å². The number of rotatable bonds is 3. The van der Waals surface area contributed by atoms with Crippen molar-refractivity contribution in [2.45, 2.75) is 44.3 Å². The van der Waals surface area contributed by atoms with E-state index in [1.54, 1.807) is 0 Å². The van der Waals surface area contributed by atoms with Gasteiger partial charge in [0.15, 0.2) is 0 Å². The molecule has 0 saturated carbocycles. The van der Waals surface area contributed by atoms with Crippen molar-refractivity contribution < 1.29 is 0 Å². The number of hydrogen-bond acceptors (Lipinski definition) is 3. The standard InChI is InChI=1S/C16H22N4/c1-2-9-20-12-13(18-16(20)7-1)11-19-10-4-6-15(19)14-5-3-8-17-14/h1-2,7,9,12,14-15,17H,3-6,8,10-11H2. The van der Waals surface area contributed by atoms with Crippen LogP contribution in [0.3, 0.4) is 0 Å². The third kappa shape index (κ3) is 2.23. The number of nitrogens with one attached hydrogen (secondary N) is 1. The Kier molecular flexibility index (Phi) is 3.20. The van der Waals surface area contributed by atoms with Crippen LogP contribution in [0.4, 0.5) is 0 Å². The fraction of sp³-hybridized carbons (Fsp3) is 0.562. The Morgan fingerprint density at radius 2 is 2.25 bits per heavy atom. The molecule has 2 saturated heterocycles. The lowest BCUT2D eigenvalue weighted by Gasteiger charge is -2.28. The van der Waals surface area contributed by atoms with Crippen molar-refractivity contribution in [1.29, 1.82) is 0 Å². The first-order chi connectivity index (χ1) is 9.90. The van der Waals surface area contributed by atoms with Crippen molar-refractivity contribution in [2.75, 3.05) is 13.1 Å². The number of aromatic nitrogens is 2. The number of nitrogens with zero attached hydrogens (tertiary/aromatic N) is 3. The van der Waals surface area contributed by atoms with Crippen LogP contribution in [0.5, 0.6) is 0 Å². The Bertz CT molecular complexity index is 552. The van der Waals surface area contributed by atoms with Crippen LogP contribution in [-0.4, -0.2) is 39.5 Å². The van der Waals surface area contributed by atoms with Gasteiger partial charge in [-0.1, -0.05) is 6.07 Å². The summed E-state index contributed by atoms with van der Waals surface area (Å²) < 4.78 is 2.12. The Hall–Kier alpha value is -1.39. The maximum atomic E-state index is 4.74. The first-order valence-electron chi connectivity index (χ1n) is 7.80. The molecule has 0 aromatic carbocycles. The van der Waals surface area contributed by atoms with Gasteiger partial charge < -0.3 is 9.72 Å². The van der Waals surface area contributed by atoms with Crippen LogP contribution >= 0.6 is 0 Å². The molecule has 2 unspecified atom stereocenters. The van der Waals surface area contributed by atoms with Crippen molar-refractivity contribution in [3.63, 3.8) is 0 Å². The van der Waals surface area contributed by atoms with Gasteiger partial charge in [0.1, 0.15) is 5.65 Å². The van der Waals surface area contributed by atoms with E-state index in [9.17, 15) is 0 Å². The van der Waals surface area contributed by atoms with Crippen molar-refractivity contribution in [3.05, 3.63) is 36.3 Å². The first kappa shape index (κ1) is 12.4. The minimum absolute atomic E-state index is 0.703. The Labute approximate surface area is 119 Å². The van der Waals surface area contributed by atoms with Crippen molar-refractivity contribution in [2.24, 2.45) is 0 Å². The zero-order valence-electron chi connectivity index (χ0n) is 11.8. The smallest absolute Gasteiger partial charge is 0.137 e. The summed E-state index contributed by atoms with van der Waals surface area (Å²) in [7, 11) is 0. The summed E-state index contributed by atoms with van der Waals surface area (Å²) in [6.07, 6.45) is 9.59. The monoisotopic (exact) mass is 270 g/mol. The van der Waals surface area contributed by atoms with Crippen LogP contribution in [0.25, 0.3) is 5.65 Å². The molecular formula is C16H22N4. The molecule has 4 heteroatoms. The molecule has 4 heterocycles. The lowest BCUT2D eigenvalue weighted by atomic mass is 10.0. The van der Waals surface area contributed by atoms with Gasteiger partial charge in [-0.25, -0.2) is 4.98 Å². The molecule has 4 rings (SSSR count). The van der Waals surface area contributed by atoms with Gasteiger partial charge >= 0.3 is 0 Å². The summed E-state index contributed by atoms with van der Waals surface area (Å²) in [6.45, 7) is 3.41. The molecule has 2 atom stereocenters. The molecule has 1 N–H and O–H groups in total. The number of likely N-dealkylation sites (tertiary alicyclic amines) is 1. The highest BCUT2D eigenvalue weighted by Gasteiger charge is 2.33. The number of fused-ring (bicyclic) bond motifs is 1. The number of imidazole rings is 1. The molecule has 2 aliphatic rings. The molecule has 106 valence electrons. The Balaban J connectivity index is 1.52. The van der Waals surface area contributed by atoms with Crippen LogP contribution in [-0.2, 0) is 6.54 Å².